The first kappa shape index (κ1) is 28.8. The average molecular weight is 583 g/mol. The van der Waals surface area contributed by atoms with Crippen molar-refractivity contribution in [1.82, 2.24) is 10.3 Å². The van der Waals surface area contributed by atoms with Gasteiger partial charge in [-0.2, -0.15) is 5.26 Å². The number of carbonyl (C=O) groups is 1. The van der Waals surface area contributed by atoms with Crippen LogP contribution in [0.1, 0.15) is 33.5 Å². The van der Waals surface area contributed by atoms with Gasteiger partial charge in [0.2, 0.25) is 11.8 Å². The summed E-state index contributed by atoms with van der Waals surface area (Å²) in [6.07, 6.45) is 7.00. The molecule has 1 aliphatic carbocycles. The molecule has 11 heteroatoms. The molecule has 2 aliphatic heterocycles. The molecule has 0 radical (unpaired) electrons. The van der Waals surface area contributed by atoms with Crippen LogP contribution in [0.25, 0.3) is 22.7 Å². The second-order valence-electron chi connectivity index (χ2n) is 10.7. The molecule has 3 heterocycles. The van der Waals surface area contributed by atoms with Crippen LogP contribution in [0, 0.1) is 23.1 Å². The van der Waals surface area contributed by atoms with Crippen molar-refractivity contribution in [2.45, 2.75) is 37.6 Å². The van der Waals surface area contributed by atoms with Gasteiger partial charge in [-0.3, -0.25) is 4.79 Å². The molecule has 3 aromatic rings. The summed E-state index contributed by atoms with van der Waals surface area (Å²) in [5.74, 6) is 0.675. The number of nitrogens with zero attached hydrogens (tertiary/aromatic N) is 3. The largest absolute Gasteiger partial charge is 0.444 e. The summed E-state index contributed by atoms with van der Waals surface area (Å²) in [6.45, 7) is 1.70. The Bertz CT molecular complexity index is 1480. The number of rotatable bonds is 5. The average Bonchev–Trinajstić information content (AvgIpc) is 3.47. The Hall–Kier alpha value is -3.75. The van der Waals surface area contributed by atoms with Crippen LogP contribution in [0.15, 0.2) is 59.2 Å². The highest BCUT2D eigenvalue weighted by Gasteiger charge is 2.41. The van der Waals surface area contributed by atoms with Crippen molar-refractivity contribution in [1.29, 1.82) is 5.26 Å². The zero-order valence-electron chi connectivity index (χ0n) is 22.7. The Morgan fingerprint density at radius 3 is 2.24 bits per heavy atom. The van der Waals surface area contributed by atoms with Gasteiger partial charge < -0.3 is 19.4 Å². The van der Waals surface area contributed by atoms with Crippen LogP contribution in [-0.2, 0) is 19.4 Å². The van der Waals surface area contributed by atoms with E-state index in [1.807, 2.05) is 24.3 Å². The molecular weight excluding hydrogens is 547 g/mol. The van der Waals surface area contributed by atoms with Gasteiger partial charge in [-0.15, -0.1) is 0 Å². The lowest BCUT2D eigenvalue weighted by Gasteiger charge is -2.37. The van der Waals surface area contributed by atoms with Crippen molar-refractivity contribution >= 4 is 21.4 Å². The number of nitrogens with one attached hydrogen (secondary N) is 1. The molecule has 1 saturated carbocycles. The van der Waals surface area contributed by atoms with E-state index in [1.165, 1.54) is 18.6 Å². The third-order valence-corrected chi connectivity index (χ3v) is 9.33. The quantitative estimate of drug-likeness (QED) is 0.463. The van der Waals surface area contributed by atoms with Gasteiger partial charge in [-0.1, -0.05) is 31.4 Å². The monoisotopic (exact) mass is 582 g/mol. The van der Waals surface area contributed by atoms with Gasteiger partial charge in [0, 0.05) is 37.2 Å². The predicted molar refractivity (Wildman–Crippen MR) is 154 cm³/mol. The number of ether oxygens (including phenoxy) is 1. The summed E-state index contributed by atoms with van der Waals surface area (Å²) in [5, 5.41) is 11.8. The van der Waals surface area contributed by atoms with Gasteiger partial charge in [-0.25, -0.2) is 17.8 Å². The Labute approximate surface area is 240 Å². The zero-order chi connectivity index (χ0) is 28.9. The van der Waals surface area contributed by atoms with Crippen molar-refractivity contribution in [2.75, 3.05) is 42.7 Å². The minimum atomic E-state index is -2.89. The lowest BCUT2D eigenvalue weighted by atomic mass is 9.87. The molecule has 0 spiro atoms. The molecule has 1 N–H and O–H groups in total. The van der Waals surface area contributed by atoms with E-state index in [0.29, 0.717) is 43.5 Å². The summed E-state index contributed by atoms with van der Waals surface area (Å²) in [7, 11) is -2.89. The minimum Gasteiger partial charge on any atom is -0.444 e. The fraction of sp³-hybridized carbons (Fsp3) is 0.433. The van der Waals surface area contributed by atoms with Gasteiger partial charge in [0.15, 0.2) is 15.4 Å². The molecule has 1 aromatic heterocycles. The molecule has 3 fully saturated rings. The van der Waals surface area contributed by atoms with Crippen LogP contribution in [0.4, 0.5) is 10.1 Å². The van der Waals surface area contributed by atoms with Gasteiger partial charge in [0.25, 0.3) is 0 Å². The van der Waals surface area contributed by atoms with Crippen molar-refractivity contribution in [3.63, 3.8) is 0 Å². The lowest BCUT2D eigenvalue weighted by Crippen LogP contribution is -2.62. The van der Waals surface area contributed by atoms with Gasteiger partial charge in [0.05, 0.1) is 30.8 Å². The number of hydrogen-bond donors (Lipinski definition) is 1. The van der Waals surface area contributed by atoms with Gasteiger partial charge in [0.1, 0.15) is 17.8 Å². The molecule has 2 saturated heterocycles. The van der Waals surface area contributed by atoms with Crippen molar-refractivity contribution < 1.29 is 28.2 Å². The van der Waals surface area contributed by atoms with E-state index >= 15 is 0 Å². The third-order valence-electron chi connectivity index (χ3n) is 7.72. The third kappa shape index (κ3) is 7.13. The number of hydrogen-bond acceptors (Lipinski definition) is 8. The number of oxazole rings is 1. The van der Waals surface area contributed by atoms with E-state index in [-0.39, 0.29) is 30.6 Å². The first-order valence-electron chi connectivity index (χ1n) is 13.8. The summed E-state index contributed by atoms with van der Waals surface area (Å²) >= 11 is 0. The van der Waals surface area contributed by atoms with Crippen LogP contribution < -0.4 is 10.2 Å². The second-order valence-corrected chi connectivity index (χ2v) is 13.0. The number of halogens is 1. The normalized spacial score (nSPS) is 19.7. The fourth-order valence-electron chi connectivity index (χ4n) is 5.12. The first-order chi connectivity index (χ1) is 19.8. The fourth-order valence-corrected chi connectivity index (χ4v) is 6.32. The number of anilines is 1. The summed E-state index contributed by atoms with van der Waals surface area (Å²) < 4.78 is 46.6. The zero-order valence-corrected chi connectivity index (χ0v) is 23.5. The van der Waals surface area contributed by atoms with E-state index in [4.69, 9.17) is 14.4 Å². The SMILES string of the molecule is N#CC1(NC(=O)C2CCCCC2)COC1.O=S1(=O)CCN(c2ccc(-c3coc(-c4ccc(F)cc4)n3)cc2)CC1.[HH]. The molecule has 41 heavy (non-hydrogen) atoms. The Balaban J connectivity index is 0.000000216. The summed E-state index contributed by atoms with van der Waals surface area (Å²) in [6, 6.07) is 15.9. The van der Waals surface area contributed by atoms with E-state index in [1.54, 1.807) is 18.4 Å². The molecule has 0 unspecified atom stereocenters. The molecule has 3 aliphatic rings. The highest BCUT2D eigenvalue weighted by Crippen LogP contribution is 2.28. The molecule has 9 nitrogen and oxygen atoms in total. The van der Waals surface area contributed by atoms with Crippen LogP contribution in [0.3, 0.4) is 0 Å². The van der Waals surface area contributed by atoms with Crippen molar-refractivity contribution in [2.24, 2.45) is 5.92 Å². The number of nitriles is 1. The van der Waals surface area contributed by atoms with Crippen LogP contribution >= 0.6 is 0 Å². The van der Waals surface area contributed by atoms with Crippen LogP contribution in [0.2, 0.25) is 0 Å². The minimum absolute atomic E-state index is 0. The number of aromatic nitrogens is 1. The maximum absolute atomic E-state index is 13.0. The van der Waals surface area contributed by atoms with Gasteiger partial charge in [-0.05, 0) is 49.2 Å². The standard InChI is InChI=1S/C19H17FN2O3S.C11H16N2O2.H2/c20-16-5-1-15(2-6-16)19-21-18(13-25-19)14-3-7-17(8-4-14)22-9-11-26(23,24)12-10-22;12-6-11(7-15-8-11)13-10(14)9-4-2-1-3-5-9;/h1-8,13H,9-12H2;9H,1-5,7-8H2,(H,13,14);1H. The Kier molecular flexibility index (Phi) is 8.71. The topological polar surface area (TPSA) is 126 Å². The smallest absolute Gasteiger partial charge is 0.226 e. The molecule has 0 atom stereocenters. The number of carbonyl (C=O) groups excluding carboxylic acids is 1. The number of amides is 1. The van der Waals surface area contributed by atoms with Crippen molar-refractivity contribution in [3.05, 3.63) is 60.6 Å². The Morgan fingerprint density at radius 1 is 1.02 bits per heavy atom. The molecule has 6 rings (SSSR count). The van der Waals surface area contributed by atoms with Crippen LogP contribution in [0.5, 0.6) is 0 Å². The maximum Gasteiger partial charge on any atom is 0.226 e. The first-order valence-corrected chi connectivity index (χ1v) is 15.7. The summed E-state index contributed by atoms with van der Waals surface area (Å²) in [4.78, 5) is 18.4. The second kappa shape index (κ2) is 12.4. The highest BCUT2D eigenvalue weighted by molar-refractivity contribution is 7.91. The predicted octanol–water partition coefficient (Wildman–Crippen LogP) is 4.60. The summed E-state index contributed by atoms with van der Waals surface area (Å²) in [5.41, 5.74) is 2.57. The maximum atomic E-state index is 13.0. The van der Waals surface area contributed by atoms with Crippen LogP contribution in [-0.4, -0.2) is 62.7 Å². The number of benzene rings is 2. The number of sulfone groups is 1. The Morgan fingerprint density at radius 2 is 1.66 bits per heavy atom. The molecule has 2 aromatic carbocycles. The van der Waals surface area contributed by atoms with E-state index in [9.17, 15) is 17.6 Å². The molecule has 1 amide bonds. The molecule has 218 valence electrons. The highest BCUT2D eigenvalue weighted by atomic mass is 32.2. The van der Waals surface area contributed by atoms with E-state index in [2.05, 4.69) is 21.3 Å². The van der Waals surface area contributed by atoms with Gasteiger partial charge >= 0.3 is 0 Å². The van der Waals surface area contributed by atoms with E-state index < -0.39 is 15.4 Å². The molecule has 0 bridgehead atoms. The lowest BCUT2D eigenvalue weighted by molar-refractivity contribution is -0.133. The van der Waals surface area contributed by atoms with Crippen molar-refractivity contribution in [3.8, 4) is 28.8 Å². The van der Waals surface area contributed by atoms with E-state index in [0.717, 1.165) is 36.9 Å². The molecular formula is C30H35FN4O5S.